The van der Waals surface area contributed by atoms with Gasteiger partial charge in [-0.25, -0.2) is 13.1 Å². The smallest absolute Gasteiger partial charge is 0.274 e. The molecule has 1 aromatic heterocycles. The molecule has 0 saturated heterocycles. The molecule has 4 rings (SSSR count). The summed E-state index contributed by atoms with van der Waals surface area (Å²) in [4.78, 5) is 26.4. The highest BCUT2D eigenvalue weighted by Gasteiger charge is 2.23. The number of carbonyl (C=O) groups is 2. The molecule has 4 N–H and O–H groups in total. The van der Waals surface area contributed by atoms with Gasteiger partial charge in [-0.15, -0.1) is 5.10 Å². The molecule has 2 amide bonds. The number of ether oxygens (including phenoxy) is 1. The van der Waals surface area contributed by atoms with Crippen LogP contribution in [0.5, 0.6) is 5.75 Å². The number of aliphatic hydroxyl groups excluding tert-OH is 1. The van der Waals surface area contributed by atoms with Crippen LogP contribution in [0.15, 0.2) is 66.9 Å². The second-order valence-electron chi connectivity index (χ2n) is 11.4. The van der Waals surface area contributed by atoms with Crippen LogP contribution in [0, 0.1) is 6.92 Å². The second kappa shape index (κ2) is 12.9. The van der Waals surface area contributed by atoms with E-state index in [9.17, 15) is 23.1 Å². The first-order valence-electron chi connectivity index (χ1n) is 13.7. The molecule has 0 radical (unpaired) electrons. The number of nitrogens with zero attached hydrogens (tertiary/aromatic N) is 3. The molecule has 0 unspecified atom stereocenters. The zero-order valence-electron chi connectivity index (χ0n) is 25.4. The van der Waals surface area contributed by atoms with Gasteiger partial charge in [0.1, 0.15) is 0 Å². The molecule has 0 aliphatic rings. The average Bonchev–Trinajstić information content (AvgIpc) is 3.45. The van der Waals surface area contributed by atoms with E-state index in [2.05, 4.69) is 25.7 Å². The predicted octanol–water partition coefficient (Wildman–Crippen LogP) is 3.97. The molecule has 44 heavy (non-hydrogen) atoms. The number of carbonyl (C=O) groups excluding carboxylic acids is 2. The van der Waals surface area contributed by atoms with Crippen LogP contribution in [0.3, 0.4) is 0 Å². The molecule has 3 aromatic carbocycles. The first-order chi connectivity index (χ1) is 20.7. The lowest BCUT2D eigenvalue weighted by atomic mass is 9.86. The SMILES string of the molecule is COc1c(NC(=O)c2ccc(C)c(-n3cc(C(=O)N[C@H](CO)c4ccccc4)nn3)c2)cc(C(C)(C)C)cc1NS(C)(=O)=O. The Labute approximate surface area is 256 Å². The number of aliphatic hydroxyl groups is 1. The largest absolute Gasteiger partial charge is 0.492 e. The van der Waals surface area contributed by atoms with E-state index in [-0.39, 0.29) is 40.4 Å². The van der Waals surface area contributed by atoms with Gasteiger partial charge in [-0.2, -0.15) is 0 Å². The highest BCUT2D eigenvalue weighted by Crippen LogP contribution is 2.39. The second-order valence-corrected chi connectivity index (χ2v) is 13.1. The number of nitrogens with one attached hydrogen (secondary N) is 3. The first kappa shape index (κ1) is 32.2. The van der Waals surface area contributed by atoms with Crippen molar-refractivity contribution < 1.29 is 27.9 Å². The third-order valence-electron chi connectivity index (χ3n) is 6.84. The molecule has 0 aliphatic heterocycles. The lowest BCUT2D eigenvalue weighted by molar-refractivity contribution is 0.0910. The van der Waals surface area contributed by atoms with Crippen molar-refractivity contribution in [1.82, 2.24) is 20.3 Å². The number of anilines is 2. The van der Waals surface area contributed by atoms with Crippen LogP contribution in [0.25, 0.3) is 5.69 Å². The highest BCUT2D eigenvalue weighted by molar-refractivity contribution is 7.92. The number of sulfonamides is 1. The van der Waals surface area contributed by atoms with Crippen molar-refractivity contribution in [2.75, 3.05) is 30.0 Å². The van der Waals surface area contributed by atoms with E-state index in [0.717, 1.165) is 22.9 Å². The normalized spacial score (nSPS) is 12.3. The summed E-state index contributed by atoms with van der Waals surface area (Å²) in [5.74, 6) is -0.838. The molecule has 232 valence electrons. The fraction of sp³-hybridized carbons (Fsp3) is 0.290. The fourth-order valence-electron chi connectivity index (χ4n) is 4.48. The van der Waals surface area contributed by atoms with Crippen molar-refractivity contribution in [2.45, 2.75) is 39.2 Å². The van der Waals surface area contributed by atoms with Gasteiger partial charge in [-0.1, -0.05) is 62.4 Å². The van der Waals surface area contributed by atoms with Gasteiger partial charge in [0.2, 0.25) is 10.0 Å². The quantitative estimate of drug-likeness (QED) is 0.207. The van der Waals surface area contributed by atoms with Crippen LogP contribution < -0.4 is 20.1 Å². The Kier molecular flexibility index (Phi) is 9.40. The van der Waals surface area contributed by atoms with Crippen LogP contribution in [-0.4, -0.2) is 60.3 Å². The number of aryl methyl sites for hydroxylation is 1. The van der Waals surface area contributed by atoms with E-state index >= 15 is 0 Å². The zero-order chi connectivity index (χ0) is 32.2. The van der Waals surface area contributed by atoms with E-state index in [1.165, 1.54) is 18.0 Å². The molecule has 1 atom stereocenters. The van der Waals surface area contributed by atoms with Gasteiger partial charge in [0, 0.05) is 5.56 Å². The van der Waals surface area contributed by atoms with Gasteiger partial charge >= 0.3 is 0 Å². The van der Waals surface area contributed by atoms with Gasteiger partial charge < -0.3 is 20.5 Å². The van der Waals surface area contributed by atoms with Crippen molar-refractivity contribution in [2.24, 2.45) is 0 Å². The van der Waals surface area contributed by atoms with E-state index in [4.69, 9.17) is 4.74 Å². The van der Waals surface area contributed by atoms with Gasteiger partial charge in [0.15, 0.2) is 11.4 Å². The summed E-state index contributed by atoms with van der Waals surface area (Å²) >= 11 is 0. The summed E-state index contributed by atoms with van der Waals surface area (Å²) in [7, 11) is -2.25. The van der Waals surface area contributed by atoms with Gasteiger partial charge in [-0.3, -0.25) is 14.3 Å². The Morgan fingerprint density at radius 1 is 1.02 bits per heavy atom. The topological polar surface area (TPSA) is 165 Å². The first-order valence-corrected chi connectivity index (χ1v) is 15.6. The standard InChI is InChI=1S/C31H36N6O6S/c1-19-12-13-21(29(39)32-23-15-22(31(2,3)4)16-24(28(23)43-5)35-44(6,41)42)14-27(19)37-17-25(34-36-37)30(40)33-26(18-38)20-10-8-7-9-11-20/h7-17,26,35,38H,18H2,1-6H3,(H,32,39)(H,33,40)/t26-/m1/s1. The van der Waals surface area contributed by atoms with Crippen molar-refractivity contribution in [3.63, 3.8) is 0 Å². The van der Waals surface area contributed by atoms with Gasteiger partial charge in [0.05, 0.1) is 49.3 Å². The lowest BCUT2D eigenvalue weighted by Crippen LogP contribution is -2.31. The Morgan fingerprint density at radius 3 is 2.32 bits per heavy atom. The van der Waals surface area contributed by atoms with E-state index in [1.54, 1.807) is 42.5 Å². The number of hydrogen-bond acceptors (Lipinski definition) is 8. The number of aromatic nitrogens is 3. The third-order valence-corrected chi connectivity index (χ3v) is 7.43. The van der Waals surface area contributed by atoms with Crippen LogP contribution in [-0.2, 0) is 15.4 Å². The van der Waals surface area contributed by atoms with Gasteiger partial charge in [-0.05, 0) is 53.3 Å². The average molecular weight is 621 g/mol. The number of benzene rings is 3. The maximum atomic E-state index is 13.5. The van der Waals surface area contributed by atoms with Crippen LogP contribution >= 0.6 is 0 Å². The lowest BCUT2D eigenvalue weighted by Gasteiger charge is -2.24. The third kappa shape index (κ3) is 7.60. The summed E-state index contributed by atoms with van der Waals surface area (Å²) in [6, 6.07) is 16.9. The number of methoxy groups -OCH3 is 1. The van der Waals surface area contributed by atoms with Crippen molar-refractivity contribution >= 4 is 33.2 Å². The minimum Gasteiger partial charge on any atom is -0.492 e. The van der Waals surface area contributed by atoms with E-state index in [1.807, 2.05) is 45.9 Å². The summed E-state index contributed by atoms with van der Waals surface area (Å²) in [6.45, 7) is 7.43. The van der Waals surface area contributed by atoms with E-state index < -0.39 is 27.9 Å². The highest BCUT2D eigenvalue weighted by atomic mass is 32.2. The molecular weight excluding hydrogens is 584 g/mol. The molecule has 4 aromatic rings. The van der Waals surface area contributed by atoms with E-state index in [0.29, 0.717) is 5.69 Å². The summed E-state index contributed by atoms with van der Waals surface area (Å²) < 4.78 is 33.5. The molecule has 12 nitrogen and oxygen atoms in total. The maximum Gasteiger partial charge on any atom is 0.274 e. The minimum absolute atomic E-state index is 0.0308. The van der Waals surface area contributed by atoms with Crippen molar-refractivity contribution in [3.8, 4) is 11.4 Å². The zero-order valence-corrected chi connectivity index (χ0v) is 26.2. The van der Waals surface area contributed by atoms with Crippen LogP contribution in [0.2, 0.25) is 0 Å². The summed E-state index contributed by atoms with van der Waals surface area (Å²) in [5.41, 5.74) is 3.22. The molecule has 0 aliphatic carbocycles. The van der Waals surface area contributed by atoms with Crippen LogP contribution in [0.4, 0.5) is 11.4 Å². The minimum atomic E-state index is -3.64. The monoisotopic (exact) mass is 620 g/mol. The Hall–Kier alpha value is -4.75. The number of hydrogen-bond donors (Lipinski definition) is 4. The molecular formula is C31H36N6O6S. The van der Waals surface area contributed by atoms with Crippen LogP contribution in [0.1, 0.15) is 64.3 Å². The predicted molar refractivity (Wildman–Crippen MR) is 168 cm³/mol. The fourth-order valence-corrected chi connectivity index (χ4v) is 5.03. The molecule has 1 heterocycles. The van der Waals surface area contributed by atoms with Crippen molar-refractivity contribution in [3.05, 3.63) is 94.8 Å². The summed E-state index contributed by atoms with van der Waals surface area (Å²) in [6.07, 6.45) is 2.48. The molecule has 0 saturated carbocycles. The maximum absolute atomic E-state index is 13.5. The molecule has 0 fully saturated rings. The Balaban J connectivity index is 1.62. The number of rotatable bonds is 10. The van der Waals surface area contributed by atoms with Gasteiger partial charge in [0.25, 0.3) is 11.8 Å². The number of amides is 2. The Bertz CT molecular complexity index is 1780. The molecule has 0 bridgehead atoms. The summed E-state index contributed by atoms with van der Waals surface area (Å²) in [5, 5.41) is 23.5. The molecule has 0 spiro atoms. The van der Waals surface area contributed by atoms with Crippen molar-refractivity contribution in [1.29, 1.82) is 0 Å². The Morgan fingerprint density at radius 2 is 1.70 bits per heavy atom. The molecule has 13 heteroatoms.